The Kier molecular flexibility index (Phi) is 22.4. The molecule has 3 heteroatoms. The van der Waals surface area contributed by atoms with Gasteiger partial charge < -0.3 is 9.47 Å². The molecule has 0 spiro atoms. The SMILES string of the molecule is CCCCCCCCCCCCOC(C)c1cscc1C(C)OCCCCCCCCCCCC. The predicted molar refractivity (Wildman–Crippen MR) is 157 cm³/mol. The molecule has 0 aliphatic rings. The van der Waals surface area contributed by atoms with Crippen LogP contribution in [0, 0.1) is 0 Å². The summed E-state index contributed by atoms with van der Waals surface area (Å²) in [7, 11) is 0. The summed E-state index contributed by atoms with van der Waals surface area (Å²) in [6.07, 6.45) is 27.7. The fourth-order valence-corrected chi connectivity index (χ4v) is 5.87. The van der Waals surface area contributed by atoms with Gasteiger partial charge in [0.05, 0.1) is 12.2 Å². The van der Waals surface area contributed by atoms with E-state index in [9.17, 15) is 0 Å². The second-order valence-corrected chi connectivity index (χ2v) is 11.4. The molecule has 0 N–H and O–H groups in total. The third-order valence-electron chi connectivity index (χ3n) is 7.33. The Morgan fingerprint density at radius 1 is 0.486 bits per heavy atom. The van der Waals surface area contributed by atoms with Gasteiger partial charge in [0.15, 0.2) is 0 Å². The van der Waals surface area contributed by atoms with E-state index in [0.717, 1.165) is 13.2 Å². The summed E-state index contributed by atoms with van der Waals surface area (Å²) in [4.78, 5) is 0. The van der Waals surface area contributed by atoms with Crippen molar-refractivity contribution in [2.45, 2.75) is 168 Å². The molecule has 0 bridgehead atoms. The smallest absolute Gasteiger partial charge is 0.0808 e. The Labute approximate surface area is 224 Å². The van der Waals surface area contributed by atoms with E-state index in [2.05, 4.69) is 38.5 Å². The summed E-state index contributed by atoms with van der Waals surface area (Å²) < 4.78 is 12.4. The van der Waals surface area contributed by atoms with Crippen molar-refractivity contribution < 1.29 is 9.47 Å². The average molecular weight is 509 g/mol. The molecule has 0 aromatic carbocycles. The number of unbranched alkanes of at least 4 members (excludes halogenated alkanes) is 18. The Morgan fingerprint density at radius 2 is 0.771 bits per heavy atom. The van der Waals surface area contributed by atoms with Crippen molar-refractivity contribution in [3.63, 3.8) is 0 Å². The molecule has 0 fully saturated rings. The minimum atomic E-state index is 0.165. The first-order valence-electron chi connectivity index (χ1n) is 15.5. The average Bonchev–Trinajstić information content (AvgIpc) is 3.36. The van der Waals surface area contributed by atoms with Crippen molar-refractivity contribution >= 4 is 11.3 Å². The minimum Gasteiger partial charge on any atom is -0.374 e. The Hall–Kier alpha value is -0.380. The summed E-state index contributed by atoms with van der Waals surface area (Å²) in [6, 6.07) is 0. The van der Waals surface area contributed by atoms with Crippen LogP contribution >= 0.6 is 11.3 Å². The largest absolute Gasteiger partial charge is 0.374 e. The van der Waals surface area contributed by atoms with Crippen LogP contribution in [0.2, 0.25) is 0 Å². The van der Waals surface area contributed by atoms with Gasteiger partial charge in [-0.1, -0.05) is 129 Å². The first-order valence-corrected chi connectivity index (χ1v) is 16.4. The highest BCUT2D eigenvalue weighted by molar-refractivity contribution is 7.08. The van der Waals surface area contributed by atoms with Crippen LogP contribution < -0.4 is 0 Å². The molecule has 0 saturated heterocycles. The van der Waals surface area contributed by atoms with Gasteiger partial charge in [-0.15, -0.1) is 0 Å². The van der Waals surface area contributed by atoms with Gasteiger partial charge in [-0.3, -0.25) is 0 Å². The Morgan fingerprint density at radius 3 is 1.09 bits per heavy atom. The first-order chi connectivity index (χ1) is 17.2. The molecule has 1 aromatic heterocycles. The van der Waals surface area contributed by atoms with Crippen LogP contribution in [0.1, 0.15) is 179 Å². The van der Waals surface area contributed by atoms with Crippen molar-refractivity contribution in [2.75, 3.05) is 13.2 Å². The van der Waals surface area contributed by atoms with Crippen LogP contribution in [-0.4, -0.2) is 13.2 Å². The Bertz CT molecular complexity index is 509. The molecular formula is C32H60O2S. The van der Waals surface area contributed by atoms with Gasteiger partial charge in [0.25, 0.3) is 0 Å². The van der Waals surface area contributed by atoms with E-state index in [0.29, 0.717) is 0 Å². The number of hydrogen-bond acceptors (Lipinski definition) is 3. The lowest BCUT2D eigenvalue weighted by Crippen LogP contribution is -2.07. The minimum absolute atomic E-state index is 0.165. The first kappa shape index (κ1) is 32.6. The second kappa shape index (κ2) is 24.0. The fraction of sp³-hybridized carbons (Fsp3) is 0.875. The van der Waals surface area contributed by atoms with Crippen molar-refractivity contribution in [1.82, 2.24) is 0 Å². The molecular weight excluding hydrogens is 448 g/mol. The van der Waals surface area contributed by atoms with Crippen LogP contribution in [0.4, 0.5) is 0 Å². The molecule has 0 aliphatic heterocycles. The van der Waals surface area contributed by atoms with Crippen LogP contribution in [-0.2, 0) is 9.47 Å². The highest BCUT2D eigenvalue weighted by Gasteiger charge is 2.17. The summed E-state index contributed by atoms with van der Waals surface area (Å²) in [5.74, 6) is 0. The summed E-state index contributed by atoms with van der Waals surface area (Å²) in [5.41, 5.74) is 2.66. The maximum absolute atomic E-state index is 6.21. The van der Waals surface area contributed by atoms with Crippen molar-refractivity contribution in [3.05, 3.63) is 21.9 Å². The van der Waals surface area contributed by atoms with Gasteiger partial charge in [-0.25, -0.2) is 0 Å². The van der Waals surface area contributed by atoms with Crippen LogP contribution in [0.3, 0.4) is 0 Å². The number of ether oxygens (including phenoxy) is 2. The molecule has 2 atom stereocenters. The van der Waals surface area contributed by atoms with E-state index in [4.69, 9.17) is 9.47 Å². The van der Waals surface area contributed by atoms with Crippen LogP contribution in [0.5, 0.6) is 0 Å². The predicted octanol–water partition coefficient (Wildman–Crippen LogP) is 11.7. The zero-order valence-corrected chi connectivity index (χ0v) is 24.9. The zero-order valence-electron chi connectivity index (χ0n) is 24.1. The zero-order chi connectivity index (χ0) is 25.4. The maximum Gasteiger partial charge on any atom is 0.0808 e. The highest BCUT2D eigenvalue weighted by atomic mass is 32.1. The van der Waals surface area contributed by atoms with Gasteiger partial charge >= 0.3 is 0 Å². The van der Waals surface area contributed by atoms with Gasteiger partial charge in [-0.05, 0) is 48.6 Å². The van der Waals surface area contributed by atoms with Gasteiger partial charge in [0.2, 0.25) is 0 Å². The number of rotatable bonds is 26. The molecule has 0 amide bonds. The summed E-state index contributed by atoms with van der Waals surface area (Å²) >= 11 is 1.78. The van der Waals surface area contributed by atoms with E-state index in [-0.39, 0.29) is 12.2 Å². The molecule has 1 aromatic rings. The fourth-order valence-electron chi connectivity index (χ4n) is 4.86. The third kappa shape index (κ3) is 17.7. The lowest BCUT2D eigenvalue weighted by Gasteiger charge is -2.18. The van der Waals surface area contributed by atoms with E-state index >= 15 is 0 Å². The van der Waals surface area contributed by atoms with E-state index in [1.807, 2.05) is 0 Å². The standard InChI is InChI=1S/C32H60O2S/c1-5-7-9-11-13-15-17-19-21-23-25-33-29(3)31-27-35-28-32(31)30(4)34-26-24-22-20-18-16-14-12-10-8-6-2/h27-30H,5-26H2,1-4H3. The normalized spacial score (nSPS) is 13.4. The van der Waals surface area contributed by atoms with Gasteiger partial charge in [-0.2, -0.15) is 11.3 Å². The quantitative estimate of drug-likeness (QED) is 0.116. The molecule has 0 saturated carbocycles. The lowest BCUT2D eigenvalue weighted by molar-refractivity contribution is 0.0475. The lowest BCUT2D eigenvalue weighted by atomic mass is 10.0. The molecule has 2 unspecified atom stereocenters. The molecule has 0 radical (unpaired) electrons. The third-order valence-corrected chi connectivity index (χ3v) is 8.11. The molecule has 206 valence electrons. The van der Waals surface area contributed by atoms with Crippen molar-refractivity contribution in [1.29, 1.82) is 0 Å². The van der Waals surface area contributed by atoms with E-state index in [1.165, 1.54) is 140 Å². The molecule has 0 aliphatic carbocycles. The molecule has 35 heavy (non-hydrogen) atoms. The van der Waals surface area contributed by atoms with Crippen LogP contribution in [0.15, 0.2) is 10.8 Å². The van der Waals surface area contributed by atoms with Crippen LogP contribution in [0.25, 0.3) is 0 Å². The maximum atomic E-state index is 6.21. The highest BCUT2D eigenvalue weighted by Crippen LogP contribution is 2.31. The molecule has 1 heterocycles. The molecule has 1 rings (SSSR count). The number of thiophene rings is 1. The van der Waals surface area contributed by atoms with E-state index < -0.39 is 0 Å². The monoisotopic (exact) mass is 508 g/mol. The topological polar surface area (TPSA) is 18.5 Å². The second-order valence-electron chi connectivity index (χ2n) is 10.7. The molecule has 2 nitrogen and oxygen atoms in total. The van der Waals surface area contributed by atoms with Gasteiger partial charge in [0, 0.05) is 13.2 Å². The number of hydrogen-bond donors (Lipinski definition) is 0. The van der Waals surface area contributed by atoms with E-state index in [1.54, 1.807) is 11.3 Å². The van der Waals surface area contributed by atoms with Gasteiger partial charge in [0.1, 0.15) is 0 Å². The van der Waals surface area contributed by atoms with Crippen molar-refractivity contribution in [2.24, 2.45) is 0 Å². The summed E-state index contributed by atoms with van der Waals surface area (Å²) in [6.45, 7) is 10.7. The van der Waals surface area contributed by atoms with Crippen molar-refractivity contribution in [3.8, 4) is 0 Å². The summed E-state index contributed by atoms with van der Waals surface area (Å²) in [5, 5.41) is 4.53. The Balaban J connectivity index is 2.06.